The lowest BCUT2D eigenvalue weighted by atomic mass is 10.1. The highest BCUT2D eigenvalue weighted by Gasteiger charge is 2.32. The summed E-state index contributed by atoms with van der Waals surface area (Å²) in [6, 6.07) is 1.21. The van der Waals surface area contributed by atoms with Crippen molar-refractivity contribution >= 4 is 16.3 Å². The highest BCUT2D eigenvalue weighted by Crippen LogP contribution is 2.15. The van der Waals surface area contributed by atoms with Gasteiger partial charge in [0.05, 0.1) is 17.0 Å². The van der Waals surface area contributed by atoms with Crippen LogP contribution in [0.4, 0.5) is 3.89 Å². The molecule has 20 heavy (non-hydrogen) atoms. The number of nitrogens with zero attached hydrogens (tertiary/aromatic N) is 3. The summed E-state index contributed by atoms with van der Waals surface area (Å²) in [5.41, 5.74) is 1.49. The van der Waals surface area contributed by atoms with Gasteiger partial charge < -0.3 is 5.32 Å². The number of nitrogens with one attached hydrogen (secondary N) is 1. The van der Waals surface area contributed by atoms with Crippen LogP contribution in [0.3, 0.4) is 0 Å². The monoisotopic (exact) mass is 302 g/mol. The number of hydrogen-bond donors (Lipinski definition) is 1. The van der Waals surface area contributed by atoms with Gasteiger partial charge in [-0.25, -0.2) is 0 Å². The Morgan fingerprint density at radius 2 is 2.15 bits per heavy atom. The lowest BCUT2D eigenvalue weighted by Gasteiger charge is -2.14. The minimum atomic E-state index is -4.69. The van der Waals surface area contributed by atoms with E-state index in [1.807, 2.05) is 0 Å². The normalized spacial score (nSPS) is 20.1. The summed E-state index contributed by atoms with van der Waals surface area (Å²) in [6.07, 6.45) is 0.380. The van der Waals surface area contributed by atoms with Crippen molar-refractivity contribution in [1.82, 2.24) is 19.8 Å². The van der Waals surface area contributed by atoms with Crippen LogP contribution in [0.5, 0.6) is 0 Å². The molecule has 1 aromatic rings. The van der Waals surface area contributed by atoms with Crippen molar-refractivity contribution in [2.24, 2.45) is 0 Å². The van der Waals surface area contributed by atoms with Crippen molar-refractivity contribution < 1.29 is 17.1 Å². The SMILES string of the molecule is Cc1cc(C(=O)NC2CCN(S(=O)(=O)F)C2)c(C)nn1. The molecule has 1 aliphatic heterocycles. The van der Waals surface area contributed by atoms with Gasteiger partial charge in [0, 0.05) is 19.1 Å². The Morgan fingerprint density at radius 3 is 2.75 bits per heavy atom. The van der Waals surface area contributed by atoms with Crippen molar-refractivity contribution in [3.8, 4) is 0 Å². The second-order valence-corrected chi connectivity index (χ2v) is 6.08. The fourth-order valence-corrected chi connectivity index (χ4v) is 2.77. The first kappa shape index (κ1) is 14.8. The summed E-state index contributed by atoms with van der Waals surface area (Å²) in [5, 5.41) is 10.4. The predicted molar refractivity (Wildman–Crippen MR) is 69.0 cm³/mol. The van der Waals surface area contributed by atoms with Crippen LogP contribution in [0.1, 0.15) is 28.2 Å². The molecule has 1 atom stereocenters. The number of aryl methyl sites for hydroxylation is 2. The summed E-state index contributed by atoms with van der Waals surface area (Å²) in [4.78, 5) is 12.1. The Labute approximate surface area is 116 Å². The Bertz CT molecular complexity index is 635. The topological polar surface area (TPSA) is 92.3 Å². The van der Waals surface area contributed by atoms with Gasteiger partial charge in [0.2, 0.25) is 0 Å². The van der Waals surface area contributed by atoms with E-state index in [0.29, 0.717) is 27.7 Å². The molecule has 110 valence electrons. The highest BCUT2D eigenvalue weighted by atomic mass is 32.3. The van der Waals surface area contributed by atoms with E-state index in [9.17, 15) is 17.1 Å². The van der Waals surface area contributed by atoms with Gasteiger partial charge in [0.15, 0.2) is 0 Å². The zero-order valence-electron chi connectivity index (χ0n) is 11.1. The molecule has 0 bridgehead atoms. The number of carbonyl (C=O) groups is 1. The van der Waals surface area contributed by atoms with Crippen LogP contribution < -0.4 is 5.32 Å². The summed E-state index contributed by atoms with van der Waals surface area (Å²) in [7, 11) is -4.69. The second kappa shape index (κ2) is 5.41. The lowest BCUT2D eigenvalue weighted by Crippen LogP contribution is -2.38. The van der Waals surface area contributed by atoms with Crippen molar-refractivity contribution in [2.45, 2.75) is 26.3 Å². The van der Waals surface area contributed by atoms with Gasteiger partial charge in [-0.1, -0.05) is 3.89 Å². The van der Waals surface area contributed by atoms with Crippen LogP contribution in [0, 0.1) is 13.8 Å². The molecule has 2 heterocycles. The first-order chi connectivity index (χ1) is 9.27. The molecule has 1 N–H and O–H groups in total. The fourth-order valence-electron chi connectivity index (χ4n) is 2.09. The van der Waals surface area contributed by atoms with E-state index in [1.165, 1.54) is 0 Å². The van der Waals surface area contributed by atoms with Gasteiger partial charge in [0.25, 0.3) is 5.91 Å². The molecule has 1 fully saturated rings. The van der Waals surface area contributed by atoms with E-state index < -0.39 is 16.5 Å². The number of aromatic nitrogens is 2. The molecular formula is C11H15FN4O3S. The van der Waals surface area contributed by atoms with Crippen LogP contribution in [0.2, 0.25) is 0 Å². The fraction of sp³-hybridized carbons (Fsp3) is 0.545. The van der Waals surface area contributed by atoms with Crippen molar-refractivity contribution in [3.05, 3.63) is 23.0 Å². The molecule has 0 aliphatic carbocycles. The third-order valence-corrected chi connectivity index (χ3v) is 4.09. The summed E-state index contributed by atoms with van der Waals surface area (Å²) >= 11 is 0. The largest absolute Gasteiger partial charge is 0.374 e. The maximum absolute atomic E-state index is 12.8. The van der Waals surface area contributed by atoms with Crippen LogP contribution in [0.25, 0.3) is 0 Å². The summed E-state index contributed by atoms with van der Waals surface area (Å²) in [5.74, 6) is -0.358. The van der Waals surface area contributed by atoms with E-state index in [4.69, 9.17) is 0 Å². The molecule has 7 nitrogen and oxygen atoms in total. The molecule has 0 saturated carbocycles. The molecule has 0 aromatic carbocycles. The van der Waals surface area contributed by atoms with Gasteiger partial charge in [-0.15, -0.1) is 0 Å². The number of amides is 1. The van der Waals surface area contributed by atoms with Crippen LogP contribution in [-0.2, 0) is 10.4 Å². The van der Waals surface area contributed by atoms with Gasteiger partial charge in [-0.05, 0) is 26.3 Å². The molecule has 1 amide bonds. The quantitative estimate of drug-likeness (QED) is 0.800. The molecule has 1 aliphatic rings. The van der Waals surface area contributed by atoms with Gasteiger partial charge in [-0.2, -0.15) is 22.9 Å². The molecule has 0 radical (unpaired) electrons. The standard InChI is InChI=1S/C11H15FN4O3S/c1-7-5-10(8(2)15-14-7)11(17)13-9-3-4-16(6-9)20(12,18)19/h5,9H,3-4,6H2,1-2H3,(H,13,17). The Balaban J connectivity index is 2.05. The second-order valence-electron chi connectivity index (χ2n) is 4.74. The van der Waals surface area contributed by atoms with Crippen molar-refractivity contribution in [2.75, 3.05) is 13.1 Å². The molecule has 1 unspecified atom stereocenters. The first-order valence-electron chi connectivity index (χ1n) is 6.09. The Kier molecular flexibility index (Phi) is 4.00. The number of carbonyl (C=O) groups excluding carboxylic acids is 1. The van der Waals surface area contributed by atoms with Gasteiger partial charge in [-0.3, -0.25) is 4.79 Å². The minimum Gasteiger partial charge on any atom is -0.348 e. The summed E-state index contributed by atoms with van der Waals surface area (Å²) < 4.78 is 35.0. The van der Waals surface area contributed by atoms with Gasteiger partial charge >= 0.3 is 10.4 Å². The molecule has 1 aromatic heterocycles. The molecular weight excluding hydrogens is 287 g/mol. The summed E-state index contributed by atoms with van der Waals surface area (Å²) in [6.45, 7) is 3.39. The molecule has 0 spiro atoms. The van der Waals surface area contributed by atoms with Crippen molar-refractivity contribution in [3.63, 3.8) is 0 Å². The Hall–Kier alpha value is -1.61. The highest BCUT2D eigenvalue weighted by molar-refractivity contribution is 7.83. The average Bonchev–Trinajstić information content (AvgIpc) is 2.80. The molecule has 2 rings (SSSR count). The molecule has 1 saturated heterocycles. The first-order valence-corrected chi connectivity index (χ1v) is 7.43. The van der Waals surface area contributed by atoms with E-state index in [1.54, 1.807) is 19.9 Å². The number of rotatable bonds is 3. The van der Waals surface area contributed by atoms with Crippen LogP contribution >= 0.6 is 0 Å². The third kappa shape index (κ3) is 3.28. The molecule has 9 heteroatoms. The van der Waals surface area contributed by atoms with E-state index >= 15 is 0 Å². The van der Waals surface area contributed by atoms with Crippen LogP contribution in [-0.4, -0.2) is 48.0 Å². The zero-order chi connectivity index (χ0) is 14.9. The van der Waals surface area contributed by atoms with Crippen molar-refractivity contribution in [1.29, 1.82) is 0 Å². The van der Waals surface area contributed by atoms with E-state index in [2.05, 4.69) is 15.5 Å². The smallest absolute Gasteiger partial charge is 0.348 e. The van der Waals surface area contributed by atoms with Crippen LogP contribution in [0.15, 0.2) is 6.07 Å². The lowest BCUT2D eigenvalue weighted by molar-refractivity contribution is 0.0937. The average molecular weight is 302 g/mol. The van der Waals surface area contributed by atoms with E-state index in [-0.39, 0.29) is 19.0 Å². The third-order valence-electron chi connectivity index (χ3n) is 3.14. The minimum absolute atomic E-state index is 0.0544. The number of hydrogen-bond acceptors (Lipinski definition) is 5. The Morgan fingerprint density at radius 1 is 1.45 bits per heavy atom. The zero-order valence-corrected chi connectivity index (χ0v) is 11.9. The predicted octanol–water partition coefficient (Wildman–Crippen LogP) is 0.112. The number of halogens is 1. The van der Waals surface area contributed by atoms with E-state index in [0.717, 1.165) is 0 Å². The maximum atomic E-state index is 12.8. The maximum Gasteiger partial charge on any atom is 0.374 e. The van der Waals surface area contributed by atoms with Gasteiger partial charge in [0.1, 0.15) is 0 Å².